The minimum atomic E-state index is -0.670. The third-order valence-electron chi connectivity index (χ3n) is 3.90. The number of methoxy groups -OCH3 is 2. The average molecular weight is 357 g/mol. The zero-order valence-electron chi connectivity index (χ0n) is 15.1. The summed E-state index contributed by atoms with van der Waals surface area (Å²) in [7, 11) is 2.93. The fourth-order valence-electron chi connectivity index (χ4n) is 2.57. The van der Waals surface area contributed by atoms with Gasteiger partial charge in [-0.2, -0.15) is 0 Å². The van der Waals surface area contributed by atoms with Crippen LogP contribution in [0.2, 0.25) is 0 Å². The second-order valence-electron chi connectivity index (χ2n) is 5.51. The fourth-order valence-corrected chi connectivity index (χ4v) is 2.57. The Hall–Kier alpha value is -3.22. The Morgan fingerprint density at radius 1 is 1.08 bits per heavy atom. The number of amides is 2. The lowest BCUT2D eigenvalue weighted by atomic mass is 10.1. The summed E-state index contributed by atoms with van der Waals surface area (Å²) in [6.45, 7) is 2.75. The van der Waals surface area contributed by atoms with Crippen LogP contribution in [0.5, 0.6) is 11.5 Å². The molecule has 2 amide bonds. The van der Waals surface area contributed by atoms with Crippen molar-refractivity contribution in [2.45, 2.75) is 6.92 Å². The summed E-state index contributed by atoms with van der Waals surface area (Å²) in [6.07, 6.45) is 0. The molecule has 0 aliphatic rings. The highest BCUT2D eigenvalue weighted by molar-refractivity contribution is 6.04. The van der Waals surface area contributed by atoms with E-state index in [0.29, 0.717) is 18.0 Å². The van der Waals surface area contributed by atoms with Gasteiger partial charge in [-0.05, 0) is 25.1 Å². The largest absolute Gasteiger partial charge is 0.493 e. The van der Waals surface area contributed by atoms with Gasteiger partial charge in [-0.25, -0.2) is 0 Å². The summed E-state index contributed by atoms with van der Waals surface area (Å²) in [5.74, 6) is -0.191. The normalized spacial score (nSPS) is 10.1. The zero-order chi connectivity index (χ0) is 19.1. The molecule has 7 heteroatoms. The van der Waals surface area contributed by atoms with E-state index in [-0.39, 0.29) is 23.7 Å². The summed E-state index contributed by atoms with van der Waals surface area (Å²) in [6, 6.07) is 12.6. The van der Waals surface area contributed by atoms with Gasteiger partial charge >= 0.3 is 0 Å². The van der Waals surface area contributed by atoms with Crippen molar-refractivity contribution in [1.82, 2.24) is 0 Å². The van der Waals surface area contributed by atoms with E-state index in [1.54, 1.807) is 0 Å². The Labute approximate surface area is 152 Å². The number of hydrogen-bond acceptors (Lipinski definition) is 5. The molecule has 138 valence electrons. The van der Waals surface area contributed by atoms with E-state index in [9.17, 15) is 9.59 Å². The molecule has 0 atom stereocenters. The summed E-state index contributed by atoms with van der Waals surface area (Å²) in [5, 5.41) is 2.74. The minimum absolute atomic E-state index is 0.132. The maximum atomic E-state index is 12.5. The number of para-hydroxylation sites is 1. The quantitative estimate of drug-likeness (QED) is 0.756. The number of likely N-dealkylation sites (N-methyl/N-ethyl adjacent to an activating group) is 1. The lowest BCUT2D eigenvalue weighted by molar-refractivity contribution is -0.115. The van der Waals surface area contributed by atoms with Gasteiger partial charge in [0, 0.05) is 18.3 Å². The summed E-state index contributed by atoms with van der Waals surface area (Å²) < 4.78 is 10.4. The maximum Gasteiger partial charge on any atom is 0.250 e. The topological polar surface area (TPSA) is 93.9 Å². The molecule has 2 aromatic rings. The highest BCUT2D eigenvalue weighted by atomic mass is 16.5. The molecule has 0 spiro atoms. The van der Waals surface area contributed by atoms with Crippen LogP contribution in [-0.2, 0) is 4.79 Å². The lowest BCUT2D eigenvalue weighted by Crippen LogP contribution is -2.33. The molecule has 0 unspecified atom stereocenters. The Balaban J connectivity index is 2.23. The minimum Gasteiger partial charge on any atom is -0.493 e. The van der Waals surface area contributed by atoms with E-state index in [1.807, 2.05) is 42.2 Å². The molecular weight excluding hydrogens is 334 g/mol. The second kappa shape index (κ2) is 8.75. The SMILES string of the molecule is CCN(CC(=O)Nc1cc(OC)c(OC)cc1C(N)=O)c1ccccc1. The van der Waals surface area contributed by atoms with Gasteiger partial charge in [0.25, 0.3) is 5.91 Å². The van der Waals surface area contributed by atoms with Gasteiger partial charge in [0.1, 0.15) is 0 Å². The number of hydrogen-bond donors (Lipinski definition) is 2. The van der Waals surface area contributed by atoms with Gasteiger partial charge in [0.2, 0.25) is 5.91 Å². The Morgan fingerprint density at radius 2 is 1.69 bits per heavy atom. The summed E-state index contributed by atoms with van der Waals surface area (Å²) >= 11 is 0. The van der Waals surface area contributed by atoms with Crippen LogP contribution in [0.15, 0.2) is 42.5 Å². The van der Waals surface area contributed by atoms with Crippen molar-refractivity contribution in [1.29, 1.82) is 0 Å². The van der Waals surface area contributed by atoms with Gasteiger partial charge in [0.15, 0.2) is 11.5 Å². The van der Waals surface area contributed by atoms with Crippen LogP contribution in [-0.4, -0.2) is 39.1 Å². The number of nitrogens with one attached hydrogen (secondary N) is 1. The number of primary amides is 1. The van der Waals surface area contributed by atoms with Crippen LogP contribution in [0.1, 0.15) is 17.3 Å². The molecule has 7 nitrogen and oxygen atoms in total. The first-order valence-corrected chi connectivity index (χ1v) is 8.15. The van der Waals surface area contributed by atoms with Crippen LogP contribution in [0.4, 0.5) is 11.4 Å². The number of nitrogens with zero attached hydrogens (tertiary/aromatic N) is 1. The molecule has 0 saturated heterocycles. The molecule has 0 fully saturated rings. The number of rotatable bonds is 8. The molecule has 0 aromatic heterocycles. The standard InChI is InChI=1S/C19H23N3O4/c1-4-22(13-8-6-5-7-9-13)12-18(23)21-15-11-17(26-3)16(25-2)10-14(15)19(20)24/h5-11H,4,12H2,1-3H3,(H2,20,24)(H,21,23). The predicted molar refractivity (Wildman–Crippen MR) is 101 cm³/mol. The molecule has 3 N–H and O–H groups in total. The van der Waals surface area contributed by atoms with E-state index in [1.165, 1.54) is 26.4 Å². The smallest absolute Gasteiger partial charge is 0.250 e. The molecule has 2 aromatic carbocycles. The molecule has 0 heterocycles. The first-order chi connectivity index (χ1) is 12.5. The van der Waals surface area contributed by atoms with Crippen LogP contribution in [0.3, 0.4) is 0 Å². The van der Waals surface area contributed by atoms with Crippen molar-refractivity contribution in [3.05, 3.63) is 48.0 Å². The van der Waals surface area contributed by atoms with Gasteiger partial charge < -0.3 is 25.4 Å². The first kappa shape index (κ1) is 19.1. The molecule has 0 aliphatic carbocycles. The van der Waals surface area contributed by atoms with E-state index >= 15 is 0 Å². The maximum absolute atomic E-state index is 12.5. The molecule has 0 bridgehead atoms. The van der Waals surface area contributed by atoms with Crippen LogP contribution >= 0.6 is 0 Å². The molecular formula is C19H23N3O4. The van der Waals surface area contributed by atoms with E-state index in [2.05, 4.69) is 5.32 Å². The lowest BCUT2D eigenvalue weighted by Gasteiger charge is -2.23. The third kappa shape index (κ3) is 4.44. The first-order valence-electron chi connectivity index (χ1n) is 8.15. The second-order valence-corrected chi connectivity index (χ2v) is 5.51. The number of carbonyl (C=O) groups excluding carboxylic acids is 2. The van der Waals surface area contributed by atoms with Crippen LogP contribution in [0, 0.1) is 0 Å². The van der Waals surface area contributed by atoms with Gasteiger partial charge in [-0.3, -0.25) is 9.59 Å². The predicted octanol–water partition coefficient (Wildman–Crippen LogP) is 2.27. The monoisotopic (exact) mass is 357 g/mol. The molecule has 0 radical (unpaired) electrons. The highest BCUT2D eigenvalue weighted by Gasteiger charge is 2.18. The van der Waals surface area contributed by atoms with E-state index in [0.717, 1.165) is 5.69 Å². The Bertz CT molecular complexity index is 778. The van der Waals surface area contributed by atoms with Crippen molar-refractivity contribution >= 4 is 23.2 Å². The van der Waals surface area contributed by atoms with Crippen LogP contribution in [0.25, 0.3) is 0 Å². The van der Waals surface area contributed by atoms with Crippen molar-refractivity contribution in [2.75, 3.05) is 37.5 Å². The van der Waals surface area contributed by atoms with E-state index < -0.39 is 5.91 Å². The van der Waals surface area contributed by atoms with E-state index in [4.69, 9.17) is 15.2 Å². The number of anilines is 2. The molecule has 26 heavy (non-hydrogen) atoms. The third-order valence-corrected chi connectivity index (χ3v) is 3.90. The molecule has 0 aliphatic heterocycles. The van der Waals surface area contributed by atoms with Crippen molar-refractivity contribution in [3.63, 3.8) is 0 Å². The zero-order valence-corrected chi connectivity index (χ0v) is 15.1. The van der Waals surface area contributed by atoms with Crippen molar-refractivity contribution < 1.29 is 19.1 Å². The Kier molecular flexibility index (Phi) is 6.43. The number of benzene rings is 2. The van der Waals surface area contributed by atoms with Gasteiger partial charge in [0.05, 0.1) is 32.0 Å². The van der Waals surface area contributed by atoms with Crippen LogP contribution < -0.4 is 25.4 Å². The average Bonchev–Trinajstić information content (AvgIpc) is 2.66. The molecule has 0 saturated carbocycles. The van der Waals surface area contributed by atoms with Gasteiger partial charge in [-0.1, -0.05) is 18.2 Å². The number of nitrogens with two attached hydrogens (primary N) is 1. The summed E-state index contributed by atoms with van der Waals surface area (Å²) in [5.41, 5.74) is 6.80. The number of ether oxygens (including phenoxy) is 2. The Morgan fingerprint density at radius 3 is 2.23 bits per heavy atom. The highest BCUT2D eigenvalue weighted by Crippen LogP contribution is 2.33. The fraction of sp³-hybridized carbons (Fsp3) is 0.263. The van der Waals surface area contributed by atoms with Crippen molar-refractivity contribution in [2.24, 2.45) is 5.73 Å². The van der Waals surface area contributed by atoms with Gasteiger partial charge in [-0.15, -0.1) is 0 Å². The number of carbonyl (C=O) groups is 2. The summed E-state index contributed by atoms with van der Waals surface area (Å²) in [4.78, 5) is 26.2. The molecule has 2 rings (SSSR count). The van der Waals surface area contributed by atoms with Crippen molar-refractivity contribution in [3.8, 4) is 11.5 Å².